The molecule has 0 aliphatic carbocycles. The maximum absolute atomic E-state index is 12.4. The van der Waals surface area contributed by atoms with Gasteiger partial charge in [-0.25, -0.2) is 4.68 Å². The Morgan fingerprint density at radius 2 is 2.06 bits per heavy atom. The molecule has 32 heavy (non-hydrogen) atoms. The monoisotopic (exact) mass is 452 g/mol. The zero-order chi connectivity index (χ0) is 23.1. The van der Waals surface area contributed by atoms with Gasteiger partial charge in [-0.1, -0.05) is 23.7 Å². The van der Waals surface area contributed by atoms with E-state index in [-0.39, 0.29) is 19.1 Å². The SMILES string of the molecule is Cc1nn(-c2ccc(C#N)c(Cl)c2)c(C)c1Cc1cccc(C(=O)NCCOCCO)c1. The highest BCUT2D eigenvalue weighted by Crippen LogP contribution is 2.24. The van der Waals surface area contributed by atoms with Gasteiger partial charge in [0.15, 0.2) is 0 Å². The zero-order valence-corrected chi connectivity index (χ0v) is 18.8. The van der Waals surface area contributed by atoms with Gasteiger partial charge in [-0.05, 0) is 49.7 Å². The summed E-state index contributed by atoms with van der Waals surface area (Å²) >= 11 is 6.20. The van der Waals surface area contributed by atoms with E-state index in [4.69, 9.17) is 26.7 Å². The molecular formula is C24H25ClN4O3. The van der Waals surface area contributed by atoms with E-state index in [9.17, 15) is 4.79 Å². The van der Waals surface area contributed by atoms with Crippen LogP contribution in [0.5, 0.6) is 0 Å². The molecule has 0 spiro atoms. The molecule has 0 aliphatic rings. The highest BCUT2D eigenvalue weighted by Gasteiger charge is 2.15. The first-order valence-electron chi connectivity index (χ1n) is 10.3. The molecule has 2 aromatic carbocycles. The Morgan fingerprint density at radius 1 is 1.25 bits per heavy atom. The van der Waals surface area contributed by atoms with Gasteiger partial charge in [0.25, 0.3) is 5.91 Å². The van der Waals surface area contributed by atoms with Gasteiger partial charge in [-0.3, -0.25) is 4.79 Å². The van der Waals surface area contributed by atoms with E-state index in [0.29, 0.717) is 35.7 Å². The number of amides is 1. The topological polar surface area (TPSA) is 100 Å². The number of hydrogen-bond donors (Lipinski definition) is 2. The Kier molecular flexibility index (Phi) is 8.01. The molecule has 0 radical (unpaired) electrons. The van der Waals surface area contributed by atoms with Crippen molar-refractivity contribution in [2.45, 2.75) is 20.3 Å². The van der Waals surface area contributed by atoms with Crippen LogP contribution in [0, 0.1) is 25.2 Å². The van der Waals surface area contributed by atoms with Crippen LogP contribution in [0.1, 0.15) is 38.4 Å². The summed E-state index contributed by atoms with van der Waals surface area (Å²) in [4.78, 5) is 12.4. The standard InChI is InChI=1S/C24H25ClN4O3/c1-16-22(17(2)29(28-16)21-7-6-20(15-26)23(25)14-21)13-18-4-3-5-19(12-18)24(31)27-8-10-32-11-9-30/h3-7,12,14,30H,8-11,13H2,1-2H3,(H,27,31). The second kappa shape index (κ2) is 10.9. The zero-order valence-electron chi connectivity index (χ0n) is 18.1. The second-order valence-corrected chi connectivity index (χ2v) is 7.71. The van der Waals surface area contributed by atoms with Crippen LogP contribution >= 0.6 is 11.6 Å². The molecule has 0 bridgehead atoms. The molecule has 8 heteroatoms. The van der Waals surface area contributed by atoms with Crippen molar-refractivity contribution >= 4 is 17.5 Å². The maximum atomic E-state index is 12.4. The van der Waals surface area contributed by atoms with Gasteiger partial charge in [-0.2, -0.15) is 10.4 Å². The number of halogens is 1. The summed E-state index contributed by atoms with van der Waals surface area (Å²) in [6, 6.07) is 14.8. The number of aromatic nitrogens is 2. The third-order valence-electron chi connectivity index (χ3n) is 5.10. The van der Waals surface area contributed by atoms with Crippen LogP contribution in [0.3, 0.4) is 0 Å². The number of hydrogen-bond acceptors (Lipinski definition) is 5. The Hall–Kier alpha value is -3.18. The molecule has 1 amide bonds. The lowest BCUT2D eigenvalue weighted by Gasteiger charge is -2.09. The molecule has 0 aliphatic heterocycles. The first-order valence-corrected chi connectivity index (χ1v) is 10.6. The van der Waals surface area contributed by atoms with Crippen molar-refractivity contribution in [3.63, 3.8) is 0 Å². The lowest BCUT2D eigenvalue weighted by Crippen LogP contribution is -2.27. The molecule has 0 unspecified atom stereocenters. The quantitative estimate of drug-likeness (QED) is 0.485. The van der Waals surface area contributed by atoms with Crippen LogP contribution in [-0.4, -0.2) is 47.2 Å². The molecule has 1 aromatic heterocycles. The molecule has 3 aromatic rings. The number of nitriles is 1. The molecule has 0 saturated heterocycles. The van der Waals surface area contributed by atoms with Gasteiger partial charge < -0.3 is 15.2 Å². The first kappa shape index (κ1) is 23.5. The lowest BCUT2D eigenvalue weighted by atomic mass is 10.0. The number of benzene rings is 2. The van der Waals surface area contributed by atoms with Crippen molar-refractivity contribution < 1.29 is 14.6 Å². The van der Waals surface area contributed by atoms with Crippen LogP contribution in [0.25, 0.3) is 5.69 Å². The summed E-state index contributed by atoms with van der Waals surface area (Å²) in [5, 5.41) is 25.7. The molecule has 0 atom stereocenters. The summed E-state index contributed by atoms with van der Waals surface area (Å²) in [7, 11) is 0. The van der Waals surface area contributed by atoms with Gasteiger partial charge >= 0.3 is 0 Å². The Labute approximate surface area is 192 Å². The highest BCUT2D eigenvalue weighted by atomic mass is 35.5. The third-order valence-corrected chi connectivity index (χ3v) is 5.41. The second-order valence-electron chi connectivity index (χ2n) is 7.31. The molecule has 7 nitrogen and oxygen atoms in total. The van der Waals surface area contributed by atoms with Crippen LogP contribution in [0.2, 0.25) is 5.02 Å². The van der Waals surface area contributed by atoms with Crippen LogP contribution < -0.4 is 5.32 Å². The predicted octanol–water partition coefficient (Wildman–Crippen LogP) is 3.34. The number of ether oxygens (including phenoxy) is 1. The number of carbonyl (C=O) groups excluding carboxylic acids is 1. The van der Waals surface area contributed by atoms with Crippen molar-refractivity contribution in [3.8, 4) is 11.8 Å². The van der Waals surface area contributed by atoms with Gasteiger partial charge in [-0.15, -0.1) is 0 Å². The molecule has 2 N–H and O–H groups in total. The number of carbonyl (C=O) groups is 1. The number of nitrogens with one attached hydrogen (secondary N) is 1. The maximum Gasteiger partial charge on any atom is 0.251 e. The lowest BCUT2D eigenvalue weighted by molar-refractivity contribution is 0.0838. The van der Waals surface area contributed by atoms with E-state index < -0.39 is 0 Å². The Balaban J connectivity index is 1.76. The largest absolute Gasteiger partial charge is 0.394 e. The fourth-order valence-electron chi connectivity index (χ4n) is 3.44. The number of rotatable bonds is 9. The van der Waals surface area contributed by atoms with Crippen molar-refractivity contribution in [3.05, 3.63) is 81.1 Å². The summed E-state index contributed by atoms with van der Waals surface area (Å²) in [6.45, 7) is 4.89. The van der Waals surface area contributed by atoms with Gasteiger partial charge in [0, 0.05) is 29.8 Å². The molecule has 166 valence electrons. The van der Waals surface area contributed by atoms with Crippen molar-refractivity contribution in [1.29, 1.82) is 5.26 Å². The number of aryl methyl sites for hydroxylation is 1. The minimum absolute atomic E-state index is 0.0381. The van der Waals surface area contributed by atoms with Crippen molar-refractivity contribution in [1.82, 2.24) is 15.1 Å². The third kappa shape index (κ3) is 5.54. The molecule has 0 saturated carbocycles. The Bertz CT molecular complexity index is 1150. The van der Waals surface area contributed by atoms with E-state index in [0.717, 1.165) is 28.2 Å². The highest BCUT2D eigenvalue weighted by molar-refractivity contribution is 6.31. The van der Waals surface area contributed by atoms with Crippen LogP contribution in [0.15, 0.2) is 42.5 Å². The summed E-state index contributed by atoms with van der Waals surface area (Å²) < 4.78 is 6.98. The molecule has 0 fully saturated rings. The number of aliphatic hydroxyl groups excluding tert-OH is 1. The molecule has 1 heterocycles. The first-order chi connectivity index (χ1) is 15.4. The number of aliphatic hydroxyl groups is 1. The van der Waals surface area contributed by atoms with E-state index in [1.165, 1.54) is 0 Å². The average molecular weight is 453 g/mol. The summed E-state index contributed by atoms with van der Waals surface area (Å²) in [6.07, 6.45) is 0.627. The molecule has 3 rings (SSSR count). The van der Waals surface area contributed by atoms with E-state index in [2.05, 4.69) is 16.5 Å². The van der Waals surface area contributed by atoms with Gasteiger partial charge in [0.1, 0.15) is 6.07 Å². The average Bonchev–Trinajstić information content (AvgIpc) is 3.07. The normalized spacial score (nSPS) is 10.7. The van der Waals surface area contributed by atoms with Gasteiger partial charge in [0.2, 0.25) is 0 Å². The molecular weight excluding hydrogens is 428 g/mol. The fourth-order valence-corrected chi connectivity index (χ4v) is 3.66. The van der Waals surface area contributed by atoms with Crippen molar-refractivity contribution in [2.75, 3.05) is 26.4 Å². The minimum Gasteiger partial charge on any atom is -0.394 e. The fraction of sp³-hybridized carbons (Fsp3) is 0.292. The summed E-state index contributed by atoms with van der Waals surface area (Å²) in [5.41, 5.74) is 5.71. The summed E-state index contributed by atoms with van der Waals surface area (Å²) in [5.74, 6) is -0.171. The van der Waals surface area contributed by atoms with Crippen LogP contribution in [0.4, 0.5) is 0 Å². The van der Waals surface area contributed by atoms with Crippen molar-refractivity contribution in [2.24, 2.45) is 0 Å². The van der Waals surface area contributed by atoms with Crippen LogP contribution in [-0.2, 0) is 11.2 Å². The number of nitrogens with zero attached hydrogens (tertiary/aromatic N) is 3. The van der Waals surface area contributed by atoms with E-state index >= 15 is 0 Å². The van der Waals surface area contributed by atoms with E-state index in [1.54, 1.807) is 18.2 Å². The van der Waals surface area contributed by atoms with Gasteiger partial charge in [0.05, 0.1) is 41.8 Å². The minimum atomic E-state index is -0.171. The predicted molar refractivity (Wildman–Crippen MR) is 122 cm³/mol. The smallest absolute Gasteiger partial charge is 0.251 e. The Morgan fingerprint density at radius 3 is 2.78 bits per heavy atom. The van der Waals surface area contributed by atoms with E-state index in [1.807, 2.05) is 42.8 Å².